The minimum Gasteiger partial charge on any atom is -0.367 e. The van der Waals surface area contributed by atoms with Gasteiger partial charge in [0.05, 0.1) is 0 Å². The molecule has 0 amide bonds. The van der Waals surface area contributed by atoms with Crippen molar-refractivity contribution in [3.8, 4) is 0 Å². The van der Waals surface area contributed by atoms with Gasteiger partial charge in [0, 0.05) is 24.3 Å². The van der Waals surface area contributed by atoms with Gasteiger partial charge in [-0.3, -0.25) is 0 Å². The second kappa shape index (κ2) is 6.22. The highest BCUT2D eigenvalue weighted by atomic mass is 35.5. The zero-order valence-electron chi connectivity index (χ0n) is 10.4. The first kappa shape index (κ1) is 14.1. The fourth-order valence-electron chi connectivity index (χ4n) is 1.80. The quantitative estimate of drug-likeness (QED) is 0.770. The van der Waals surface area contributed by atoms with Crippen LogP contribution < -0.4 is 4.90 Å². The van der Waals surface area contributed by atoms with Crippen LogP contribution in [0.25, 0.3) is 0 Å². The predicted octanol–water partition coefficient (Wildman–Crippen LogP) is 4.55. The highest BCUT2D eigenvalue weighted by molar-refractivity contribution is 6.32. The molecule has 1 heterocycles. The molecule has 0 radical (unpaired) electrons. The summed E-state index contributed by atoms with van der Waals surface area (Å²) < 4.78 is 12.9. The van der Waals surface area contributed by atoms with Crippen molar-refractivity contribution in [1.82, 2.24) is 4.98 Å². The molecule has 0 saturated heterocycles. The Labute approximate surface area is 121 Å². The first-order chi connectivity index (χ1) is 9.10. The molecule has 100 valence electrons. The van der Waals surface area contributed by atoms with Crippen LogP contribution in [0.5, 0.6) is 0 Å². The van der Waals surface area contributed by atoms with E-state index in [1.54, 1.807) is 18.2 Å². The van der Waals surface area contributed by atoms with E-state index in [0.717, 1.165) is 17.8 Å². The van der Waals surface area contributed by atoms with Crippen LogP contribution in [-0.4, -0.2) is 11.5 Å². The van der Waals surface area contributed by atoms with Crippen LogP contribution in [0.1, 0.15) is 12.5 Å². The Morgan fingerprint density at radius 2 is 1.79 bits per heavy atom. The lowest BCUT2D eigenvalue weighted by Crippen LogP contribution is -2.22. The lowest BCUT2D eigenvalue weighted by Gasteiger charge is -2.23. The topological polar surface area (TPSA) is 16.1 Å². The Kier molecular flexibility index (Phi) is 4.61. The maximum atomic E-state index is 12.9. The van der Waals surface area contributed by atoms with E-state index >= 15 is 0 Å². The average Bonchev–Trinajstić information content (AvgIpc) is 2.39. The van der Waals surface area contributed by atoms with E-state index < -0.39 is 0 Å². The third-order valence-electron chi connectivity index (χ3n) is 2.83. The summed E-state index contributed by atoms with van der Waals surface area (Å²) in [4.78, 5) is 6.09. The predicted molar refractivity (Wildman–Crippen MR) is 77.4 cm³/mol. The van der Waals surface area contributed by atoms with E-state index in [4.69, 9.17) is 23.2 Å². The van der Waals surface area contributed by atoms with E-state index in [1.807, 2.05) is 13.0 Å². The molecule has 19 heavy (non-hydrogen) atoms. The largest absolute Gasteiger partial charge is 0.367 e. The first-order valence-corrected chi connectivity index (χ1v) is 6.67. The zero-order chi connectivity index (χ0) is 13.8. The average molecular weight is 299 g/mol. The van der Waals surface area contributed by atoms with Crippen LogP contribution in [0.4, 0.5) is 10.1 Å². The Hall–Kier alpha value is -1.32. The normalized spacial score (nSPS) is 10.5. The second-order valence-electron chi connectivity index (χ2n) is 4.07. The molecule has 0 aliphatic rings. The van der Waals surface area contributed by atoms with Gasteiger partial charge in [0.1, 0.15) is 16.1 Å². The first-order valence-electron chi connectivity index (χ1n) is 5.91. The molecular weight excluding hydrogens is 286 g/mol. The number of halogens is 3. The van der Waals surface area contributed by atoms with Crippen LogP contribution in [0.3, 0.4) is 0 Å². The van der Waals surface area contributed by atoms with Gasteiger partial charge in [-0.05, 0) is 37.3 Å². The van der Waals surface area contributed by atoms with Gasteiger partial charge in [-0.25, -0.2) is 9.37 Å². The van der Waals surface area contributed by atoms with E-state index in [-0.39, 0.29) is 5.82 Å². The molecule has 1 aromatic heterocycles. The smallest absolute Gasteiger partial charge is 0.135 e. The molecule has 5 heteroatoms. The van der Waals surface area contributed by atoms with Crippen molar-refractivity contribution in [2.24, 2.45) is 0 Å². The second-order valence-corrected chi connectivity index (χ2v) is 4.82. The van der Waals surface area contributed by atoms with E-state index in [1.165, 1.54) is 12.1 Å². The van der Waals surface area contributed by atoms with Crippen molar-refractivity contribution in [3.05, 3.63) is 58.1 Å². The molecule has 2 rings (SSSR count). The van der Waals surface area contributed by atoms with Crippen LogP contribution >= 0.6 is 23.2 Å². The third kappa shape index (κ3) is 3.58. The Morgan fingerprint density at radius 1 is 1.11 bits per heavy atom. The van der Waals surface area contributed by atoms with E-state index in [0.29, 0.717) is 16.9 Å². The fraction of sp³-hybridized carbons (Fsp3) is 0.214. The summed E-state index contributed by atoms with van der Waals surface area (Å²) in [5, 5.41) is 0.770. The van der Waals surface area contributed by atoms with Gasteiger partial charge in [0.25, 0.3) is 0 Å². The molecule has 0 unspecified atom stereocenters. The number of benzene rings is 1. The number of hydrogen-bond acceptors (Lipinski definition) is 2. The van der Waals surface area contributed by atoms with Crippen LogP contribution in [0.15, 0.2) is 36.4 Å². The minimum atomic E-state index is -0.244. The summed E-state index contributed by atoms with van der Waals surface area (Å²) in [6.45, 7) is 3.41. The minimum absolute atomic E-state index is 0.244. The number of aromatic nitrogens is 1. The van der Waals surface area contributed by atoms with Crippen molar-refractivity contribution in [2.75, 3.05) is 11.4 Å². The fourth-order valence-corrected chi connectivity index (χ4v) is 2.21. The van der Waals surface area contributed by atoms with Crippen LogP contribution in [0.2, 0.25) is 10.3 Å². The van der Waals surface area contributed by atoms with E-state index in [9.17, 15) is 4.39 Å². The standard InChI is InChI=1S/C14H13Cl2FN2/c1-2-19(12-6-4-11(17)5-7-12)9-10-3-8-13(15)18-14(10)16/h3-8H,2,9H2,1H3. The molecule has 2 nitrogen and oxygen atoms in total. The highest BCUT2D eigenvalue weighted by Crippen LogP contribution is 2.22. The van der Waals surface area contributed by atoms with Gasteiger partial charge in [-0.15, -0.1) is 0 Å². The molecule has 0 aliphatic heterocycles. The number of nitrogens with zero attached hydrogens (tertiary/aromatic N) is 2. The molecule has 0 bridgehead atoms. The Bertz CT molecular complexity index is 558. The van der Waals surface area contributed by atoms with Crippen molar-refractivity contribution < 1.29 is 4.39 Å². The molecule has 0 N–H and O–H groups in total. The molecule has 0 fully saturated rings. The van der Waals surface area contributed by atoms with Crippen molar-refractivity contribution in [2.45, 2.75) is 13.5 Å². The Morgan fingerprint density at radius 3 is 2.37 bits per heavy atom. The maximum absolute atomic E-state index is 12.9. The van der Waals surface area contributed by atoms with Crippen molar-refractivity contribution in [3.63, 3.8) is 0 Å². The van der Waals surface area contributed by atoms with Gasteiger partial charge < -0.3 is 4.90 Å². The summed E-state index contributed by atoms with van der Waals surface area (Å²) in [6, 6.07) is 9.94. The number of anilines is 1. The molecular formula is C14H13Cl2FN2. The summed E-state index contributed by atoms with van der Waals surface area (Å²) in [7, 11) is 0. The van der Waals surface area contributed by atoms with Gasteiger partial charge >= 0.3 is 0 Å². The SMILES string of the molecule is CCN(Cc1ccc(Cl)nc1Cl)c1ccc(F)cc1. The molecule has 0 spiro atoms. The molecule has 0 aliphatic carbocycles. The number of pyridine rings is 1. The van der Waals surface area contributed by atoms with Crippen molar-refractivity contribution >= 4 is 28.9 Å². The van der Waals surface area contributed by atoms with Gasteiger partial charge in [0.15, 0.2) is 0 Å². The summed E-state index contributed by atoms with van der Waals surface area (Å²) in [5.74, 6) is -0.244. The molecule has 0 atom stereocenters. The molecule has 1 aromatic carbocycles. The van der Waals surface area contributed by atoms with Gasteiger partial charge in [-0.1, -0.05) is 29.3 Å². The van der Waals surface area contributed by atoms with Crippen molar-refractivity contribution in [1.29, 1.82) is 0 Å². The third-order valence-corrected chi connectivity index (χ3v) is 3.36. The molecule has 2 aromatic rings. The summed E-state index contributed by atoms with van der Waals surface area (Å²) >= 11 is 11.8. The lowest BCUT2D eigenvalue weighted by molar-refractivity contribution is 0.627. The Balaban J connectivity index is 2.21. The van der Waals surface area contributed by atoms with Gasteiger partial charge in [0.2, 0.25) is 0 Å². The highest BCUT2D eigenvalue weighted by Gasteiger charge is 2.09. The monoisotopic (exact) mass is 298 g/mol. The molecule has 0 saturated carbocycles. The lowest BCUT2D eigenvalue weighted by atomic mass is 10.2. The van der Waals surface area contributed by atoms with Gasteiger partial charge in [-0.2, -0.15) is 0 Å². The van der Waals surface area contributed by atoms with Crippen LogP contribution in [-0.2, 0) is 6.54 Å². The van der Waals surface area contributed by atoms with E-state index in [2.05, 4.69) is 9.88 Å². The number of hydrogen-bond donors (Lipinski definition) is 0. The summed E-state index contributed by atoms with van der Waals surface area (Å²) in [6.07, 6.45) is 0. The van der Waals surface area contributed by atoms with Crippen LogP contribution in [0, 0.1) is 5.82 Å². The maximum Gasteiger partial charge on any atom is 0.135 e. The number of rotatable bonds is 4. The summed E-state index contributed by atoms with van der Waals surface area (Å²) in [5.41, 5.74) is 1.83. The zero-order valence-corrected chi connectivity index (χ0v) is 11.9.